The smallest absolute Gasteiger partial charge is 0.481 e. The number of hydrogen-bond acceptors (Lipinski definition) is 3. The van der Waals surface area contributed by atoms with Crippen LogP contribution in [0.2, 0.25) is 0 Å². The summed E-state index contributed by atoms with van der Waals surface area (Å²) in [6.45, 7) is 2.53. The van der Waals surface area contributed by atoms with E-state index < -0.39 is 0 Å². The second-order valence-corrected chi connectivity index (χ2v) is 2.12. The van der Waals surface area contributed by atoms with Gasteiger partial charge in [0.1, 0.15) is 0 Å². The molecule has 0 saturated carbocycles. The molecule has 0 bridgehead atoms. The molecule has 9 heavy (non-hydrogen) atoms. The van der Waals surface area contributed by atoms with Crippen molar-refractivity contribution in [3.63, 3.8) is 0 Å². The Morgan fingerprint density at radius 1 is 1.78 bits per heavy atom. The summed E-state index contributed by atoms with van der Waals surface area (Å²) in [5.41, 5.74) is 0. The van der Waals surface area contributed by atoms with Crippen LogP contribution >= 0.6 is 24.0 Å². The van der Waals surface area contributed by atoms with Gasteiger partial charge in [-0.05, 0) is 19.1 Å². The van der Waals surface area contributed by atoms with Gasteiger partial charge in [0.2, 0.25) is 0 Å². The molecule has 0 aliphatic heterocycles. The molecule has 4 heteroatoms. The van der Waals surface area contributed by atoms with Crippen molar-refractivity contribution in [2.75, 3.05) is 6.61 Å². The summed E-state index contributed by atoms with van der Waals surface area (Å²) >= 11 is 5.84. The molecule has 0 aromatic heterocycles. The SMILES string of the molecule is [CH2-]SC(=S)OCC.[CH3-].[Ta+2]. The van der Waals surface area contributed by atoms with Crippen molar-refractivity contribution in [2.45, 2.75) is 6.92 Å². The molecule has 0 rings (SSSR count). The molecule has 0 saturated heterocycles. The summed E-state index contributed by atoms with van der Waals surface area (Å²) in [7, 11) is 0. The minimum absolute atomic E-state index is 0. The molecule has 1 nitrogen and oxygen atoms in total. The van der Waals surface area contributed by atoms with Gasteiger partial charge < -0.3 is 12.2 Å². The van der Waals surface area contributed by atoms with E-state index in [-0.39, 0.29) is 29.8 Å². The summed E-state index contributed by atoms with van der Waals surface area (Å²) in [4.78, 5) is 0. The van der Waals surface area contributed by atoms with E-state index in [0.29, 0.717) is 11.0 Å². The van der Waals surface area contributed by atoms with Gasteiger partial charge in [-0.2, -0.15) is 0 Å². The van der Waals surface area contributed by atoms with Gasteiger partial charge in [0.05, 0.1) is 6.61 Å². The maximum Gasteiger partial charge on any atom is 2.00 e. The first-order valence-corrected chi connectivity index (χ1v) is 3.29. The van der Waals surface area contributed by atoms with Gasteiger partial charge in [-0.1, -0.05) is 0 Å². The topological polar surface area (TPSA) is 9.23 Å². The third-order valence-electron chi connectivity index (χ3n) is 0.380. The van der Waals surface area contributed by atoms with E-state index in [1.54, 1.807) is 0 Å². The molecule has 0 aromatic rings. The molecule has 0 aromatic carbocycles. The van der Waals surface area contributed by atoms with Gasteiger partial charge in [0.25, 0.3) is 0 Å². The zero-order valence-corrected chi connectivity index (χ0v) is 10.4. The Morgan fingerprint density at radius 2 is 2.22 bits per heavy atom. The standard InChI is InChI=1S/C4H7OS2.CH3.Ta/c1-3-5-4(6)7-2;;/h2-3H2,1H3;1H3;/q2*-1;+2. The molecule has 0 heterocycles. The fourth-order valence-corrected chi connectivity index (χ4v) is 0.479. The van der Waals surface area contributed by atoms with Crippen molar-refractivity contribution >= 4 is 28.4 Å². The molecule has 53 valence electrons. The maximum absolute atomic E-state index is 4.82. The predicted molar refractivity (Wildman–Crippen MR) is 43.6 cm³/mol. The van der Waals surface area contributed by atoms with Crippen LogP contribution in [0.25, 0.3) is 0 Å². The van der Waals surface area contributed by atoms with E-state index in [1.807, 2.05) is 6.92 Å². The van der Waals surface area contributed by atoms with Crippen LogP contribution in [0.15, 0.2) is 0 Å². The molecular weight excluding hydrogens is 321 g/mol. The van der Waals surface area contributed by atoms with Crippen LogP contribution in [0.4, 0.5) is 0 Å². The van der Waals surface area contributed by atoms with E-state index in [0.717, 1.165) is 0 Å². The first kappa shape index (κ1) is 16.5. The Hall–Kier alpha value is 0.980. The van der Waals surface area contributed by atoms with Crippen LogP contribution in [0.5, 0.6) is 0 Å². The van der Waals surface area contributed by atoms with Gasteiger partial charge >= 0.3 is 22.4 Å². The van der Waals surface area contributed by atoms with Gasteiger partial charge in [0, 0.05) is 0 Å². The van der Waals surface area contributed by atoms with Gasteiger partial charge in [-0.25, -0.2) is 0 Å². The van der Waals surface area contributed by atoms with Crippen LogP contribution in [-0.4, -0.2) is 11.0 Å². The normalized spacial score (nSPS) is 6.44. The monoisotopic (exact) mass is 331 g/mol. The first-order valence-electron chi connectivity index (χ1n) is 1.90. The Morgan fingerprint density at radius 3 is 2.33 bits per heavy atom. The Labute approximate surface area is 82.4 Å². The fourth-order valence-electron chi connectivity index (χ4n) is 0.160. The number of hydrogen-bond donors (Lipinski definition) is 0. The molecule has 0 aliphatic rings. The van der Waals surface area contributed by atoms with Crippen LogP contribution in [0.1, 0.15) is 6.92 Å². The number of ether oxygens (including phenoxy) is 1. The Balaban J connectivity index is -0.000000180. The second-order valence-electron chi connectivity index (χ2n) is 0.827. The Bertz CT molecular complexity index is 68.0. The predicted octanol–water partition coefficient (Wildman–Crippen LogP) is 2.28. The summed E-state index contributed by atoms with van der Waals surface area (Å²) in [6, 6.07) is 0. The minimum atomic E-state index is 0. The molecule has 0 fully saturated rings. The van der Waals surface area contributed by atoms with Gasteiger partial charge in [0.15, 0.2) is 4.38 Å². The van der Waals surface area contributed by atoms with E-state index in [2.05, 4.69) is 18.5 Å². The quantitative estimate of drug-likeness (QED) is 0.539. The van der Waals surface area contributed by atoms with Crippen molar-refractivity contribution in [1.29, 1.82) is 0 Å². The van der Waals surface area contributed by atoms with Gasteiger partial charge in [-0.3, -0.25) is 18.0 Å². The second kappa shape index (κ2) is 11.7. The van der Waals surface area contributed by atoms with Crippen molar-refractivity contribution in [1.82, 2.24) is 0 Å². The van der Waals surface area contributed by atoms with Gasteiger partial charge in [-0.15, -0.1) is 0 Å². The van der Waals surface area contributed by atoms with Crippen molar-refractivity contribution in [3.05, 3.63) is 13.7 Å². The largest absolute Gasteiger partial charge is 2.00 e. The van der Waals surface area contributed by atoms with E-state index >= 15 is 0 Å². The third-order valence-corrected chi connectivity index (χ3v) is 1.20. The maximum atomic E-state index is 4.82. The van der Waals surface area contributed by atoms with Crippen LogP contribution < -0.4 is 0 Å². The first-order chi connectivity index (χ1) is 3.31. The van der Waals surface area contributed by atoms with E-state index in [9.17, 15) is 0 Å². The van der Waals surface area contributed by atoms with Crippen LogP contribution in [0.3, 0.4) is 0 Å². The van der Waals surface area contributed by atoms with Crippen molar-refractivity contribution in [3.8, 4) is 0 Å². The Kier molecular flexibility index (Phi) is 21.5. The molecular formula is C5H10OS2Ta. The van der Waals surface area contributed by atoms with Crippen molar-refractivity contribution < 1.29 is 27.1 Å². The van der Waals surface area contributed by atoms with E-state index in [1.165, 1.54) is 11.8 Å². The number of thiocarbonyl (C=S) groups is 1. The third kappa shape index (κ3) is 12.2. The average molecular weight is 331 g/mol. The van der Waals surface area contributed by atoms with Crippen molar-refractivity contribution in [2.24, 2.45) is 0 Å². The molecule has 0 N–H and O–H groups in total. The summed E-state index contributed by atoms with van der Waals surface area (Å²) in [5, 5.41) is 0. The molecule has 0 atom stereocenters. The summed E-state index contributed by atoms with van der Waals surface area (Å²) in [5.74, 6) is 0. The van der Waals surface area contributed by atoms with Crippen LogP contribution in [0, 0.1) is 13.7 Å². The average Bonchev–Trinajstić information content (AvgIpc) is 1.68. The zero-order valence-electron chi connectivity index (χ0n) is 5.59. The van der Waals surface area contributed by atoms with Crippen LogP contribution in [-0.2, 0) is 27.1 Å². The van der Waals surface area contributed by atoms with E-state index in [4.69, 9.17) is 4.74 Å². The molecule has 0 unspecified atom stereocenters. The molecule has 0 aliphatic carbocycles. The minimum Gasteiger partial charge on any atom is -0.481 e. The fraction of sp³-hybridized carbons (Fsp3) is 0.400. The zero-order chi connectivity index (χ0) is 5.70. The molecule has 0 spiro atoms. The summed E-state index contributed by atoms with van der Waals surface area (Å²) in [6.07, 6.45) is 3.45. The molecule has 1 radical (unpaired) electrons. The molecule has 0 amide bonds. The number of thioether (sulfide) groups is 1. The summed E-state index contributed by atoms with van der Waals surface area (Å²) < 4.78 is 5.34. The number of rotatable bonds is 1.